The molecule has 2 aromatic heterocycles. The average Bonchev–Trinajstić information content (AvgIpc) is 3.37. The summed E-state index contributed by atoms with van der Waals surface area (Å²) in [5, 5.41) is 2.76. The highest BCUT2D eigenvalue weighted by molar-refractivity contribution is 7.23. The van der Waals surface area contributed by atoms with Crippen molar-refractivity contribution in [3.8, 4) is 11.3 Å². The predicted octanol–water partition coefficient (Wildman–Crippen LogP) is 5.87. The molecule has 1 atom stereocenters. The second-order valence-corrected chi connectivity index (χ2v) is 9.12. The third-order valence-corrected chi connectivity index (χ3v) is 6.71. The fourth-order valence-electron chi connectivity index (χ4n) is 4.03. The molecule has 2 heterocycles. The van der Waals surface area contributed by atoms with Crippen molar-refractivity contribution in [3.63, 3.8) is 0 Å². The van der Waals surface area contributed by atoms with Crippen LogP contribution in [0.5, 0.6) is 0 Å². The first-order valence-electron chi connectivity index (χ1n) is 10.8. The number of para-hydroxylation sites is 1. The molecule has 1 N–H and O–H groups in total. The minimum atomic E-state index is -0.999. The summed E-state index contributed by atoms with van der Waals surface area (Å²) in [6, 6.07) is 17.0. The highest BCUT2D eigenvalue weighted by atomic mass is 32.1. The van der Waals surface area contributed by atoms with Crippen LogP contribution < -0.4 is 10.2 Å². The molecule has 1 unspecified atom stereocenters. The third-order valence-electron chi connectivity index (χ3n) is 5.68. The van der Waals surface area contributed by atoms with Crippen molar-refractivity contribution in [3.05, 3.63) is 84.6 Å². The molecule has 0 fully saturated rings. The molecule has 2 amide bonds. The normalized spacial score (nSPS) is 12.1. The smallest absolute Gasteiger partial charge is 0.247 e. The van der Waals surface area contributed by atoms with Gasteiger partial charge in [-0.3, -0.25) is 14.0 Å². The number of amides is 2. The van der Waals surface area contributed by atoms with Gasteiger partial charge in [0.15, 0.2) is 4.96 Å². The van der Waals surface area contributed by atoms with Crippen molar-refractivity contribution in [2.45, 2.75) is 19.9 Å². The van der Waals surface area contributed by atoms with Crippen LogP contribution in [0.1, 0.15) is 13.8 Å². The zero-order valence-electron chi connectivity index (χ0n) is 18.8. The van der Waals surface area contributed by atoms with Crippen molar-refractivity contribution in [2.75, 3.05) is 10.2 Å². The van der Waals surface area contributed by atoms with Gasteiger partial charge in [0, 0.05) is 30.4 Å². The zero-order valence-corrected chi connectivity index (χ0v) is 19.6. The number of thiazole rings is 1. The Kier molecular flexibility index (Phi) is 5.78. The van der Waals surface area contributed by atoms with Crippen LogP contribution in [0.4, 0.5) is 20.2 Å². The lowest BCUT2D eigenvalue weighted by Crippen LogP contribution is -2.45. The number of imidazole rings is 1. The first-order valence-corrected chi connectivity index (χ1v) is 11.7. The van der Waals surface area contributed by atoms with Crippen LogP contribution in [-0.4, -0.2) is 27.2 Å². The van der Waals surface area contributed by atoms with Crippen LogP contribution in [0.3, 0.4) is 0 Å². The first kappa shape index (κ1) is 22.7. The molecule has 176 valence electrons. The Balaban J connectivity index is 1.34. The van der Waals surface area contributed by atoms with E-state index in [1.807, 2.05) is 36.5 Å². The Hall–Kier alpha value is -4.11. The SMILES string of the molecule is CC(=O)N(c1cc(F)cc(F)c1)C(C)C(=O)Nc1ccc(-c2cn3c(n2)sc2ccccc23)cc1. The van der Waals surface area contributed by atoms with E-state index in [4.69, 9.17) is 4.98 Å². The van der Waals surface area contributed by atoms with Gasteiger partial charge in [-0.1, -0.05) is 35.6 Å². The maximum Gasteiger partial charge on any atom is 0.247 e. The number of carbonyl (C=O) groups is 2. The second-order valence-electron chi connectivity index (χ2n) is 8.11. The van der Waals surface area contributed by atoms with Crippen LogP contribution >= 0.6 is 11.3 Å². The van der Waals surface area contributed by atoms with Crippen molar-refractivity contribution in [1.82, 2.24) is 9.38 Å². The molecule has 0 aliphatic heterocycles. The number of aromatic nitrogens is 2. The number of hydrogen-bond donors (Lipinski definition) is 1. The molecule has 3 aromatic carbocycles. The van der Waals surface area contributed by atoms with Gasteiger partial charge >= 0.3 is 0 Å². The lowest BCUT2D eigenvalue weighted by molar-refractivity contribution is -0.122. The van der Waals surface area contributed by atoms with E-state index < -0.39 is 29.5 Å². The number of anilines is 2. The predicted molar refractivity (Wildman–Crippen MR) is 134 cm³/mol. The number of nitrogens with zero attached hydrogens (tertiary/aromatic N) is 3. The average molecular weight is 491 g/mol. The van der Waals surface area contributed by atoms with Gasteiger partial charge in [0.2, 0.25) is 11.8 Å². The summed E-state index contributed by atoms with van der Waals surface area (Å²) in [6.45, 7) is 2.73. The first-order chi connectivity index (χ1) is 16.8. The summed E-state index contributed by atoms with van der Waals surface area (Å²) < 4.78 is 30.6. The molecular weight excluding hydrogens is 470 g/mol. The molecule has 0 saturated heterocycles. The fraction of sp³-hybridized carbons (Fsp3) is 0.115. The van der Waals surface area contributed by atoms with Gasteiger partial charge in [0.05, 0.1) is 21.6 Å². The maximum absolute atomic E-state index is 13.7. The summed E-state index contributed by atoms with van der Waals surface area (Å²) in [6.07, 6.45) is 1.98. The van der Waals surface area contributed by atoms with Gasteiger partial charge < -0.3 is 10.2 Å². The van der Waals surface area contributed by atoms with Crippen LogP contribution in [0.15, 0.2) is 72.9 Å². The standard InChI is InChI=1S/C26H20F2N4O2S/c1-15(32(16(2)33)21-12-18(27)11-19(28)13-21)25(34)29-20-9-7-17(8-10-20)22-14-31-23-5-3-4-6-24(23)35-26(31)30-22/h3-15H,1-2H3,(H,29,34). The number of hydrogen-bond acceptors (Lipinski definition) is 4. The van der Waals surface area contributed by atoms with E-state index in [1.165, 1.54) is 13.8 Å². The van der Waals surface area contributed by atoms with Crippen molar-refractivity contribution < 1.29 is 18.4 Å². The molecule has 5 aromatic rings. The van der Waals surface area contributed by atoms with Gasteiger partial charge in [-0.2, -0.15) is 0 Å². The largest absolute Gasteiger partial charge is 0.324 e. The molecular formula is C26H20F2N4O2S. The third kappa shape index (κ3) is 4.38. The van der Waals surface area contributed by atoms with E-state index in [0.717, 1.165) is 43.5 Å². The quantitative estimate of drug-likeness (QED) is 0.335. The number of rotatable bonds is 5. The van der Waals surface area contributed by atoms with E-state index in [9.17, 15) is 18.4 Å². The van der Waals surface area contributed by atoms with E-state index in [2.05, 4.69) is 15.8 Å². The monoisotopic (exact) mass is 490 g/mol. The highest BCUT2D eigenvalue weighted by Crippen LogP contribution is 2.30. The lowest BCUT2D eigenvalue weighted by atomic mass is 10.1. The van der Waals surface area contributed by atoms with Crippen LogP contribution in [0, 0.1) is 11.6 Å². The van der Waals surface area contributed by atoms with Gasteiger partial charge in [-0.05, 0) is 43.3 Å². The number of carbonyl (C=O) groups excluding carboxylic acids is 2. The van der Waals surface area contributed by atoms with Crippen molar-refractivity contribution >= 4 is 49.7 Å². The van der Waals surface area contributed by atoms with E-state index in [1.54, 1.807) is 23.5 Å². The Morgan fingerprint density at radius 3 is 2.40 bits per heavy atom. The summed E-state index contributed by atoms with van der Waals surface area (Å²) >= 11 is 1.61. The van der Waals surface area contributed by atoms with Gasteiger partial charge in [-0.15, -0.1) is 0 Å². The number of nitrogens with one attached hydrogen (secondary N) is 1. The Bertz CT molecular complexity index is 1560. The van der Waals surface area contributed by atoms with Crippen LogP contribution in [-0.2, 0) is 9.59 Å². The Morgan fingerprint density at radius 1 is 1.03 bits per heavy atom. The number of benzene rings is 3. The number of fused-ring (bicyclic) bond motifs is 3. The van der Waals surface area contributed by atoms with Crippen molar-refractivity contribution in [2.24, 2.45) is 0 Å². The fourth-order valence-corrected chi connectivity index (χ4v) is 5.04. The molecule has 9 heteroatoms. The van der Waals surface area contributed by atoms with Crippen LogP contribution in [0.2, 0.25) is 0 Å². The second kappa shape index (κ2) is 8.92. The van der Waals surface area contributed by atoms with Gasteiger partial charge in [-0.25, -0.2) is 13.8 Å². The summed E-state index contributed by atoms with van der Waals surface area (Å²) in [7, 11) is 0. The number of halogens is 2. The Labute approximate surface area is 203 Å². The van der Waals surface area contributed by atoms with E-state index in [0.29, 0.717) is 11.8 Å². The molecule has 0 aliphatic rings. The maximum atomic E-state index is 13.7. The topological polar surface area (TPSA) is 66.7 Å². The summed E-state index contributed by atoms with van der Waals surface area (Å²) in [5.74, 6) is -2.67. The molecule has 5 rings (SSSR count). The molecule has 0 saturated carbocycles. The molecule has 6 nitrogen and oxygen atoms in total. The van der Waals surface area contributed by atoms with Crippen molar-refractivity contribution in [1.29, 1.82) is 0 Å². The Morgan fingerprint density at radius 2 is 1.71 bits per heavy atom. The zero-order chi connectivity index (χ0) is 24.7. The summed E-state index contributed by atoms with van der Waals surface area (Å²) in [4.78, 5) is 31.7. The lowest BCUT2D eigenvalue weighted by Gasteiger charge is -2.27. The van der Waals surface area contributed by atoms with Gasteiger partial charge in [0.25, 0.3) is 0 Å². The van der Waals surface area contributed by atoms with E-state index >= 15 is 0 Å². The highest BCUT2D eigenvalue weighted by Gasteiger charge is 2.26. The minimum Gasteiger partial charge on any atom is -0.324 e. The molecule has 35 heavy (non-hydrogen) atoms. The molecule has 0 spiro atoms. The minimum absolute atomic E-state index is 0.0275. The molecule has 0 bridgehead atoms. The molecule has 0 aliphatic carbocycles. The van der Waals surface area contributed by atoms with Gasteiger partial charge in [0.1, 0.15) is 17.7 Å². The summed E-state index contributed by atoms with van der Waals surface area (Å²) in [5.41, 5.74) is 3.28. The van der Waals surface area contributed by atoms with E-state index in [-0.39, 0.29) is 5.69 Å². The van der Waals surface area contributed by atoms with Crippen LogP contribution in [0.25, 0.3) is 26.4 Å². The molecule has 0 radical (unpaired) electrons.